The lowest BCUT2D eigenvalue weighted by molar-refractivity contribution is -0.134. The second-order valence-electron chi connectivity index (χ2n) is 6.74. The smallest absolute Gasteiger partial charge is 0.239 e. The van der Waals surface area contributed by atoms with Gasteiger partial charge in [0.25, 0.3) is 0 Å². The van der Waals surface area contributed by atoms with Crippen molar-refractivity contribution in [3.8, 4) is 11.4 Å². The van der Waals surface area contributed by atoms with Gasteiger partial charge in [-0.2, -0.15) is 4.98 Å². The van der Waals surface area contributed by atoms with Crippen molar-refractivity contribution in [1.82, 2.24) is 20.4 Å². The van der Waals surface area contributed by atoms with Crippen LogP contribution in [-0.4, -0.2) is 46.6 Å². The van der Waals surface area contributed by atoms with Crippen molar-refractivity contribution >= 4 is 5.91 Å². The van der Waals surface area contributed by atoms with Gasteiger partial charge in [-0.1, -0.05) is 17.3 Å². The van der Waals surface area contributed by atoms with Crippen molar-refractivity contribution in [2.75, 3.05) is 19.6 Å². The largest absolute Gasteiger partial charge is 0.341 e. The lowest BCUT2D eigenvalue weighted by Crippen LogP contribution is -2.47. The van der Waals surface area contributed by atoms with Gasteiger partial charge in [-0.05, 0) is 44.4 Å². The molecule has 3 heterocycles. The van der Waals surface area contributed by atoms with E-state index in [1.165, 1.54) is 12.1 Å². The SMILES string of the molecule is O=C(C1CCCN1)N1CCCC(c2nc(-c3cccc(F)c3)no2)C1. The van der Waals surface area contributed by atoms with Crippen molar-refractivity contribution < 1.29 is 13.7 Å². The molecule has 4 rings (SSSR count). The van der Waals surface area contributed by atoms with E-state index in [1.54, 1.807) is 12.1 Å². The summed E-state index contributed by atoms with van der Waals surface area (Å²) in [6.07, 6.45) is 3.78. The van der Waals surface area contributed by atoms with E-state index in [0.717, 1.165) is 38.8 Å². The van der Waals surface area contributed by atoms with Gasteiger partial charge in [-0.3, -0.25) is 4.79 Å². The quantitative estimate of drug-likeness (QED) is 0.925. The molecular formula is C18H21FN4O2. The van der Waals surface area contributed by atoms with Gasteiger partial charge >= 0.3 is 0 Å². The first-order valence-electron chi connectivity index (χ1n) is 8.82. The average Bonchev–Trinajstić information content (AvgIpc) is 3.33. The van der Waals surface area contributed by atoms with Gasteiger partial charge < -0.3 is 14.7 Å². The van der Waals surface area contributed by atoms with Crippen molar-refractivity contribution in [3.63, 3.8) is 0 Å². The standard InChI is InChI=1S/C18H21FN4O2/c19-14-6-1-4-12(10-14)16-21-17(25-22-16)13-5-3-9-23(11-13)18(24)15-7-2-8-20-15/h1,4,6,10,13,15,20H,2-3,5,7-9,11H2. The number of benzene rings is 1. The molecule has 2 aromatic rings. The van der Waals surface area contributed by atoms with Crippen molar-refractivity contribution in [2.45, 2.75) is 37.6 Å². The first kappa shape index (κ1) is 16.2. The maximum Gasteiger partial charge on any atom is 0.239 e. The summed E-state index contributed by atoms with van der Waals surface area (Å²) >= 11 is 0. The van der Waals surface area contributed by atoms with Gasteiger partial charge in [0.15, 0.2) is 0 Å². The van der Waals surface area contributed by atoms with Crippen LogP contribution in [0.1, 0.15) is 37.5 Å². The predicted octanol–water partition coefficient (Wildman–Crippen LogP) is 2.33. The maximum atomic E-state index is 13.4. The summed E-state index contributed by atoms with van der Waals surface area (Å²) in [4.78, 5) is 18.9. The van der Waals surface area contributed by atoms with Gasteiger partial charge in [0, 0.05) is 18.7 Å². The molecule has 2 atom stereocenters. The van der Waals surface area contributed by atoms with E-state index in [-0.39, 0.29) is 23.7 Å². The van der Waals surface area contributed by atoms with Gasteiger partial charge in [-0.15, -0.1) is 0 Å². The Morgan fingerprint density at radius 2 is 2.24 bits per heavy atom. The lowest BCUT2D eigenvalue weighted by Gasteiger charge is -2.32. The number of amides is 1. The van der Waals surface area contributed by atoms with E-state index >= 15 is 0 Å². The number of piperidine rings is 1. The Kier molecular flexibility index (Phi) is 4.48. The van der Waals surface area contributed by atoms with E-state index in [0.29, 0.717) is 23.8 Å². The fourth-order valence-electron chi connectivity index (χ4n) is 3.64. The van der Waals surface area contributed by atoms with Crippen LogP contribution >= 0.6 is 0 Å². The van der Waals surface area contributed by atoms with Crippen molar-refractivity contribution in [1.29, 1.82) is 0 Å². The van der Waals surface area contributed by atoms with E-state index < -0.39 is 0 Å². The summed E-state index contributed by atoms with van der Waals surface area (Å²) < 4.78 is 18.8. The van der Waals surface area contributed by atoms with E-state index in [1.807, 2.05) is 4.90 Å². The van der Waals surface area contributed by atoms with Gasteiger partial charge in [0.05, 0.1) is 12.0 Å². The Morgan fingerprint density at radius 3 is 3.04 bits per heavy atom. The van der Waals surface area contributed by atoms with Crippen LogP contribution in [0, 0.1) is 5.82 Å². The fraction of sp³-hybridized carbons (Fsp3) is 0.500. The average molecular weight is 344 g/mol. The molecule has 2 aliphatic rings. The number of likely N-dealkylation sites (tertiary alicyclic amines) is 1. The van der Waals surface area contributed by atoms with Crippen LogP contribution in [0.2, 0.25) is 0 Å². The number of aromatic nitrogens is 2. The number of hydrogen-bond donors (Lipinski definition) is 1. The minimum absolute atomic E-state index is 0.0360. The molecule has 25 heavy (non-hydrogen) atoms. The molecule has 2 unspecified atom stereocenters. The zero-order valence-electron chi connectivity index (χ0n) is 13.9. The van der Waals surface area contributed by atoms with Gasteiger partial charge in [0.2, 0.25) is 17.6 Å². The summed E-state index contributed by atoms with van der Waals surface area (Å²) in [7, 11) is 0. The molecule has 0 spiro atoms. The van der Waals surface area contributed by atoms with Crippen LogP contribution in [-0.2, 0) is 4.79 Å². The highest BCUT2D eigenvalue weighted by molar-refractivity contribution is 5.82. The molecule has 1 aromatic carbocycles. The maximum absolute atomic E-state index is 13.4. The summed E-state index contributed by atoms with van der Waals surface area (Å²) in [6, 6.07) is 6.09. The molecule has 6 nitrogen and oxygen atoms in total. The Labute approximate surface area is 145 Å². The van der Waals surface area contributed by atoms with Crippen molar-refractivity contribution in [3.05, 3.63) is 36.0 Å². The molecule has 1 aromatic heterocycles. The molecule has 0 saturated carbocycles. The Hall–Kier alpha value is -2.28. The number of halogens is 1. The minimum atomic E-state index is -0.331. The van der Waals surface area contributed by atoms with Crippen LogP contribution in [0.4, 0.5) is 4.39 Å². The highest BCUT2D eigenvalue weighted by atomic mass is 19.1. The van der Waals surface area contributed by atoms with Crippen LogP contribution < -0.4 is 5.32 Å². The third-order valence-electron chi connectivity index (χ3n) is 4.97. The van der Waals surface area contributed by atoms with Crippen LogP contribution in [0.3, 0.4) is 0 Å². The molecule has 1 N–H and O–H groups in total. The highest BCUT2D eigenvalue weighted by Gasteiger charge is 2.32. The van der Waals surface area contributed by atoms with Gasteiger partial charge in [-0.25, -0.2) is 4.39 Å². The van der Waals surface area contributed by atoms with Crippen LogP contribution in [0.15, 0.2) is 28.8 Å². The topological polar surface area (TPSA) is 71.3 Å². The molecule has 1 amide bonds. The number of nitrogens with one attached hydrogen (secondary N) is 1. The second-order valence-corrected chi connectivity index (χ2v) is 6.74. The van der Waals surface area contributed by atoms with E-state index in [4.69, 9.17) is 4.52 Å². The molecule has 0 aliphatic carbocycles. The highest BCUT2D eigenvalue weighted by Crippen LogP contribution is 2.28. The lowest BCUT2D eigenvalue weighted by atomic mass is 9.97. The number of hydrogen-bond acceptors (Lipinski definition) is 5. The zero-order valence-corrected chi connectivity index (χ0v) is 13.9. The molecule has 2 aliphatic heterocycles. The van der Waals surface area contributed by atoms with Crippen molar-refractivity contribution in [2.24, 2.45) is 0 Å². The number of rotatable bonds is 3. The first-order valence-corrected chi connectivity index (χ1v) is 8.82. The molecule has 7 heteroatoms. The minimum Gasteiger partial charge on any atom is -0.341 e. The molecule has 2 saturated heterocycles. The summed E-state index contributed by atoms with van der Waals surface area (Å²) in [6.45, 7) is 2.29. The number of nitrogens with zero attached hydrogens (tertiary/aromatic N) is 3. The molecular weight excluding hydrogens is 323 g/mol. The van der Waals surface area contributed by atoms with E-state index in [2.05, 4.69) is 15.5 Å². The molecule has 0 bridgehead atoms. The fourth-order valence-corrected chi connectivity index (χ4v) is 3.64. The van der Waals surface area contributed by atoms with Crippen LogP contribution in [0.5, 0.6) is 0 Å². The third-order valence-corrected chi connectivity index (χ3v) is 4.97. The normalized spacial score (nSPS) is 23.8. The monoisotopic (exact) mass is 344 g/mol. The van der Waals surface area contributed by atoms with E-state index in [9.17, 15) is 9.18 Å². The number of carbonyl (C=O) groups excluding carboxylic acids is 1. The van der Waals surface area contributed by atoms with Crippen LogP contribution in [0.25, 0.3) is 11.4 Å². The Morgan fingerprint density at radius 1 is 1.32 bits per heavy atom. The number of carbonyl (C=O) groups is 1. The predicted molar refractivity (Wildman–Crippen MR) is 89.3 cm³/mol. The Balaban J connectivity index is 1.47. The Bertz CT molecular complexity index is 757. The molecule has 2 fully saturated rings. The second kappa shape index (κ2) is 6.92. The third kappa shape index (κ3) is 3.42. The zero-order chi connectivity index (χ0) is 17.2. The summed E-state index contributed by atoms with van der Waals surface area (Å²) in [5, 5.41) is 7.24. The summed E-state index contributed by atoms with van der Waals surface area (Å²) in [5.74, 6) is 0.787. The summed E-state index contributed by atoms with van der Waals surface area (Å²) in [5.41, 5.74) is 0.592. The first-order chi connectivity index (χ1) is 12.2. The van der Waals surface area contributed by atoms with Gasteiger partial charge in [0.1, 0.15) is 5.82 Å². The molecule has 132 valence electrons. The molecule has 0 radical (unpaired) electrons.